The Labute approximate surface area is 109 Å². The van der Waals surface area contributed by atoms with Crippen molar-refractivity contribution < 1.29 is 9.53 Å². The van der Waals surface area contributed by atoms with Gasteiger partial charge < -0.3 is 9.72 Å². The second kappa shape index (κ2) is 4.98. The molecule has 0 saturated carbocycles. The standard InChI is InChI=1S/C12H11Cl2NO2/c1-17-10(16)5-3-8-6-7-2-4-9(13)11(14)12(7)15-8/h2,4,6,15H,3,5H2,1H3. The molecule has 0 saturated heterocycles. The van der Waals surface area contributed by atoms with Crippen LogP contribution in [0.2, 0.25) is 10.0 Å². The zero-order chi connectivity index (χ0) is 12.4. The van der Waals surface area contributed by atoms with Crippen LogP contribution in [-0.4, -0.2) is 18.1 Å². The molecule has 0 atom stereocenters. The summed E-state index contributed by atoms with van der Waals surface area (Å²) in [7, 11) is 1.38. The predicted molar refractivity (Wildman–Crippen MR) is 68.7 cm³/mol. The Hall–Kier alpha value is -1.19. The number of carbonyl (C=O) groups is 1. The summed E-state index contributed by atoms with van der Waals surface area (Å²) < 4.78 is 4.59. The Bertz CT molecular complexity index is 563. The minimum Gasteiger partial charge on any atom is -0.469 e. The van der Waals surface area contributed by atoms with Crippen LogP contribution in [0.5, 0.6) is 0 Å². The van der Waals surface area contributed by atoms with Crippen LogP contribution in [0.25, 0.3) is 10.9 Å². The molecule has 0 aliphatic heterocycles. The monoisotopic (exact) mass is 271 g/mol. The summed E-state index contributed by atoms with van der Waals surface area (Å²) in [5.41, 5.74) is 1.74. The first-order valence-corrected chi connectivity index (χ1v) is 5.90. The van der Waals surface area contributed by atoms with Gasteiger partial charge in [0.1, 0.15) is 0 Å². The van der Waals surface area contributed by atoms with Gasteiger partial charge in [-0.05, 0) is 18.6 Å². The van der Waals surface area contributed by atoms with Gasteiger partial charge in [-0.3, -0.25) is 4.79 Å². The molecule has 3 nitrogen and oxygen atoms in total. The van der Waals surface area contributed by atoms with Gasteiger partial charge in [0, 0.05) is 11.1 Å². The molecule has 1 aromatic carbocycles. The summed E-state index contributed by atoms with van der Waals surface area (Å²) >= 11 is 12.0. The number of carbonyl (C=O) groups excluding carboxylic acids is 1. The van der Waals surface area contributed by atoms with E-state index < -0.39 is 0 Å². The summed E-state index contributed by atoms with van der Waals surface area (Å²) in [6, 6.07) is 5.60. The van der Waals surface area contributed by atoms with E-state index in [1.54, 1.807) is 6.07 Å². The molecule has 0 bridgehead atoms. The molecular weight excluding hydrogens is 261 g/mol. The first-order chi connectivity index (χ1) is 8.11. The number of fused-ring (bicyclic) bond motifs is 1. The Kier molecular flexibility index (Phi) is 3.60. The third-order valence-corrected chi connectivity index (χ3v) is 3.37. The van der Waals surface area contributed by atoms with Crippen molar-refractivity contribution >= 4 is 40.1 Å². The number of ether oxygens (including phenoxy) is 1. The van der Waals surface area contributed by atoms with Crippen LogP contribution in [0.4, 0.5) is 0 Å². The van der Waals surface area contributed by atoms with E-state index in [0.717, 1.165) is 16.6 Å². The maximum atomic E-state index is 11.0. The minimum absolute atomic E-state index is 0.229. The Morgan fingerprint density at radius 2 is 2.18 bits per heavy atom. The van der Waals surface area contributed by atoms with E-state index in [1.807, 2.05) is 12.1 Å². The molecule has 0 fully saturated rings. The molecule has 1 aromatic heterocycles. The smallest absolute Gasteiger partial charge is 0.305 e. The number of aromatic nitrogens is 1. The second-order valence-electron chi connectivity index (χ2n) is 3.70. The molecule has 1 heterocycles. The van der Waals surface area contributed by atoms with E-state index in [0.29, 0.717) is 22.9 Å². The maximum absolute atomic E-state index is 11.0. The summed E-state index contributed by atoms with van der Waals surface area (Å²) in [5, 5.41) is 2.01. The van der Waals surface area contributed by atoms with Crippen molar-refractivity contribution in [3.8, 4) is 0 Å². The van der Waals surface area contributed by atoms with E-state index >= 15 is 0 Å². The molecule has 2 aromatic rings. The first-order valence-electron chi connectivity index (χ1n) is 5.14. The van der Waals surface area contributed by atoms with Gasteiger partial charge in [-0.1, -0.05) is 29.3 Å². The number of aromatic amines is 1. The number of hydrogen-bond acceptors (Lipinski definition) is 2. The van der Waals surface area contributed by atoms with Crippen LogP contribution in [0, 0.1) is 0 Å². The number of H-pyrrole nitrogens is 1. The zero-order valence-electron chi connectivity index (χ0n) is 9.22. The van der Waals surface area contributed by atoms with Crippen molar-refractivity contribution in [1.82, 2.24) is 4.98 Å². The summed E-state index contributed by atoms with van der Waals surface area (Å²) in [5.74, 6) is -0.229. The Morgan fingerprint density at radius 3 is 2.88 bits per heavy atom. The summed E-state index contributed by atoms with van der Waals surface area (Å²) in [4.78, 5) is 14.2. The number of aryl methyl sites for hydroxylation is 1. The quantitative estimate of drug-likeness (QED) is 0.868. The van der Waals surface area contributed by atoms with Crippen LogP contribution in [-0.2, 0) is 16.0 Å². The van der Waals surface area contributed by atoms with E-state index in [2.05, 4.69) is 9.72 Å². The number of rotatable bonds is 3. The zero-order valence-corrected chi connectivity index (χ0v) is 10.7. The van der Waals surface area contributed by atoms with Gasteiger partial charge in [-0.2, -0.15) is 0 Å². The first kappa shape index (κ1) is 12.3. The van der Waals surface area contributed by atoms with Crippen molar-refractivity contribution in [2.24, 2.45) is 0 Å². The van der Waals surface area contributed by atoms with Crippen LogP contribution >= 0.6 is 23.2 Å². The lowest BCUT2D eigenvalue weighted by Gasteiger charge is -1.97. The van der Waals surface area contributed by atoms with Gasteiger partial charge >= 0.3 is 5.97 Å². The lowest BCUT2D eigenvalue weighted by molar-refractivity contribution is -0.140. The third-order valence-electron chi connectivity index (χ3n) is 2.57. The molecule has 17 heavy (non-hydrogen) atoms. The fourth-order valence-corrected chi connectivity index (χ4v) is 2.05. The number of esters is 1. The highest BCUT2D eigenvalue weighted by atomic mass is 35.5. The van der Waals surface area contributed by atoms with Gasteiger partial charge in [0.2, 0.25) is 0 Å². The Morgan fingerprint density at radius 1 is 1.41 bits per heavy atom. The van der Waals surface area contributed by atoms with Gasteiger partial charge in [0.05, 0.1) is 29.1 Å². The number of methoxy groups -OCH3 is 1. The van der Waals surface area contributed by atoms with Crippen LogP contribution in [0.1, 0.15) is 12.1 Å². The molecule has 0 radical (unpaired) electrons. The van der Waals surface area contributed by atoms with Gasteiger partial charge in [0.15, 0.2) is 0 Å². The number of hydrogen-bond donors (Lipinski definition) is 1. The fourth-order valence-electron chi connectivity index (χ4n) is 1.67. The van der Waals surface area contributed by atoms with Gasteiger partial charge in [-0.25, -0.2) is 0 Å². The molecule has 0 aliphatic rings. The molecule has 0 unspecified atom stereocenters. The van der Waals surface area contributed by atoms with E-state index in [1.165, 1.54) is 7.11 Å². The largest absolute Gasteiger partial charge is 0.469 e. The molecule has 2 rings (SSSR count). The highest BCUT2D eigenvalue weighted by Gasteiger charge is 2.09. The molecule has 0 amide bonds. The summed E-state index contributed by atoms with van der Waals surface area (Å²) in [6.07, 6.45) is 0.934. The van der Waals surface area contributed by atoms with Gasteiger partial charge in [0.25, 0.3) is 0 Å². The summed E-state index contributed by atoms with van der Waals surface area (Å²) in [6.45, 7) is 0. The molecule has 0 aliphatic carbocycles. The Balaban J connectivity index is 2.26. The normalized spacial score (nSPS) is 10.8. The van der Waals surface area contributed by atoms with Crippen LogP contribution in [0.3, 0.4) is 0 Å². The van der Waals surface area contributed by atoms with Crippen molar-refractivity contribution in [2.75, 3.05) is 7.11 Å². The topological polar surface area (TPSA) is 42.1 Å². The molecule has 5 heteroatoms. The van der Waals surface area contributed by atoms with Crippen molar-refractivity contribution in [2.45, 2.75) is 12.8 Å². The van der Waals surface area contributed by atoms with E-state index in [9.17, 15) is 4.79 Å². The fraction of sp³-hybridized carbons (Fsp3) is 0.250. The van der Waals surface area contributed by atoms with Crippen molar-refractivity contribution in [3.05, 3.63) is 33.9 Å². The van der Waals surface area contributed by atoms with Gasteiger partial charge in [-0.15, -0.1) is 0 Å². The SMILES string of the molecule is COC(=O)CCc1cc2ccc(Cl)c(Cl)c2[nH]1. The molecular formula is C12H11Cl2NO2. The molecule has 90 valence electrons. The lowest BCUT2D eigenvalue weighted by Crippen LogP contribution is -2.01. The predicted octanol–water partition coefficient (Wildman–Crippen LogP) is 3.58. The third kappa shape index (κ3) is 2.56. The maximum Gasteiger partial charge on any atom is 0.305 e. The van der Waals surface area contributed by atoms with Crippen LogP contribution < -0.4 is 0 Å². The number of benzene rings is 1. The molecule has 1 N–H and O–H groups in total. The average molecular weight is 272 g/mol. The van der Waals surface area contributed by atoms with E-state index in [4.69, 9.17) is 23.2 Å². The lowest BCUT2D eigenvalue weighted by atomic mass is 10.2. The highest BCUT2D eigenvalue weighted by molar-refractivity contribution is 6.45. The van der Waals surface area contributed by atoms with Crippen molar-refractivity contribution in [1.29, 1.82) is 0 Å². The van der Waals surface area contributed by atoms with E-state index in [-0.39, 0.29) is 5.97 Å². The average Bonchev–Trinajstić information content (AvgIpc) is 2.75. The second-order valence-corrected chi connectivity index (χ2v) is 4.48. The number of halogens is 2. The van der Waals surface area contributed by atoms with Crippen LogP contribution in [0.15, 0.2) is 18.2 Å². The highest BCUT2D eigenvalue weighted by Crippen LogP contribution is 2.30. The molecule has 0 spiro atoms. The number of nitrogens with one attached hydrogen (secondary N) is 1. The van der Waals surface area contributed by atoms with Crippen molar-refractivity contribution in [3.63, 3.8) is 0 Å². The minimum atomic E-state index is -0.229.